The second-order valence-corrected chi connectivity index (χ2v) is 6.81. The van der Waals surface area contributed by atoms with Gasteiger partial charge < -0.3 is 5.32 Å². The highest BCUT2D eigenvalue weighted by molar-refractivity contribution is 9.10. The van der Waals surface area contributed by atoms with Crippen molar-refractivity contribution in [2.24, 2.45) is 0 Å². The molecule has 0 spiro atoms. The number of amides is 1. The summed E-state index contributed by atoms with van der Waals surface area (Å²) >= 11 is 5.12. The predicted octanol–water partition coefficient (Wildman–Crippen LogP) is 4.31. The summed E-state index contributed by atoms with van der Waals surface area (Å²) < 4.78 is 2.54. The Bertz CT molecular complexity index is 894. The van der Waals surface area contributed by atoms with E-state index in [1.807, 2.05) is 61.7 Å². The van der Waals surface area contributed by atoms with Gasteiger partial charge in [0.2, 0.25) is 0 Å². The van der Waals surface area contributed by atoms with Crippen molar-refractivity contribution in [1.82, 2.24) is 15.0 Å². The molecule has 0 saturated carbocycles. The summed E-state index contributed by atoms with van der Waals surface area (Å²) in [6, 6.07) is 15.4. The van der Waals surface area contributed by atoms with E-state index >= 15 is 0 Å². The number of hydrogen-bond donors (Lipinski definition) is 1. The number of carbonyl (C=O) groups excluding carboxylic acids is 1. The van der Waals surface area contributed by atoms with Crippen molar-refractivity contribution < 1.29 is 4.79 Å². The lowest BCUT2D eigenvalue weighted by atomic mass is 10.2. The van der Waals surface area contributed by atoms with Crippen molar-refractivity contribution in [3.63, 3.8) is 0 Å². The van der Waals surface area contributed by atoms with Crippen molar-refractivity contribution in [3.05, 3.63) is 64.4 Å². The smallest absolute Gasteiger partial charge is 0.278 e. The van der Waals surface area contributed by atoms with Gasteiger partial charge in [0.15, 0.2) is 5.69 Å². The minimum absolute atomic E-state index is 0.274. The average molecular weight is 403 g/mol. The molecule has 1 aromatic heterocycles. The molecular formula is C17H15BrN4OS. The Morgan fingerprint density at radius 1 is 1.21 bits per heavy atom. The van der Waals surface area contributed by atoms with Crippen LogP contribution in [-0.4, -0.2) is 27.2 Å². The molecule has 1 amide bonds. The zero-order chi connectivity index (χ0) is 17.1. The van der Waals surface area contributed by atoms with E-state index in [0.717, 1.165) is 20.7 Å². The van der Waals surface area contributed by atoms with Crippen molar-refractivity contribution in [1.29, 1.82) is 0 Å². The SMILES string of the molecule is CSc1cccc(NC(=O)c2nnn(-c3ccccc3Br)c2C)c1. The van der Waals surface area contributed by atoms with E-state index in [2.05, 4.69) is 31.6 Å². The van der Waals surface area contributed by atoms with Gasteiger partial charge in [0.05, 0.1) is 11.4 Å². The average Bonchev–Trinajstić information content (AvgIpc) is 2.97. The van der Waals surface area contributed by atoms with E-state index in [1.54, 1.807) is 16.4 Å². The van der Waals surface area contributed by atoms with Crippen LogP contribution in [-0.2, 0) is 0 Å². The fraction of sp³-hybridized carbons (Fsp3) is 0.118. The summed E-state index contributed by atoms with van der Waals surface area (Å²) in [5.41, 5.74) is 2.56. The number of aromatic nitrogens is 3. The van der Waals surface area contributed by atoms with Gasteiger partial charge in [-0.1, -0.05) is 23.4 Å². The maximum absolute atomic E-state index is 12.5. The van der Waals surface area contributed by atoms with Crippen LogP contribution in [0.3, 0.4) is 0 Å². The van der Waals surface area contributed by atoms with Crippen LogP contribution in [0.15, 0.2) is 57.9 Å². The van der Waals surface area contributed by atoms with Crippen LogP contribution in [0, 0.1) is 6.92 Å². The highest BCUT2D eigenvalue weighted by atomic mass is 79.9. The van der Waals surface area contributed by atoms with Crippen LogP contribution in [0.2, 0.25) is 0 Å². The van der Waals surface area contributed by atoms with E-state index in [-0.39, 0.29) is 5.91 Å². The molecule has 0 bridgehead atoms. The van der Waals surface area contributed by atoms with E-state index < -0.39 is 0 Å². The molecule has 0 fully saturated rings. The van der Waals surface area contributed by atoms with Gasteiger partial charge >= 0.3 is 0 Å². The molecule has 0 aliphatic rings. The van der Waals surface area contributed by atoms with Crippen molar-refractivity contribution in [2.45, 2.75) is 11.8 Å². The number of rotatable bonds is 4. The normalized spacial score (nSPS) is 10.6. The minimum atomic E-state index is -0.274. The third kappa shape index (κ3) is 3.37. The standard InChI is InChI=1S/C17H15BrN4OS/c1-11-16(17(23)19-12-6-5-7-13(10-12)24-2)20-21-22(11)15-9-4-3-8-14(15)18/h3-10H,1-2H3,(H,19,23). The zero-order valence-electron chi connectivity index (χ0n) is 13.2. The molecule has 122 valence electrons. The summed E-state index contributed by atoms with van der Waals surface area (Å²) in [7, 11) is 0. The minimum Gasteiger partial charge on any atom is -0.320 e. The third-order valence-electron chi connectivity index (χ3n) is 3.52. The highest BCUT2D eigenvalue weighted by Gasteiger charge is 2.18. The van der Waals surface area contributed by atoms with Crippen molar-refractivity contribution >= 4 is 39.3 Å². The number of benzene rings is 2. The maximum atomic E-state index is 12.5. The van der Waals surface area contributed by atoms with Gasteiger partial charge in [0.25, 0.3) is 5.91 Å². The molecule has 3 rings (SSSR count). The first-order chi connectivity index (χ1) is 11.6. The molecule has 24 heavy (non-hydrogen) atoms. The molecule has 1 N–H and O–H groups in total. The van der Waals surface area contributed by atoms with Crippen LogP contribution in [0.1, 0.15) is 16.2 Å². The summed E-state index contributed by atoms with van der Waals surface area (Å²) in [4.78, 5) is 13.6. The van der Waals surface area contributed by atoms with Gasteiger partial charge in [-0.3, -0.25) is 4.79 Å². The van der Waals surface area contributed by atoms with E-state index in [0.29, 0.717) is 11.4 Å². The third-order valence-corrected chi connectivity index (χ3v) is 4.91. The Labute approximate surface area is 152 Å². The lowest BCUT2D eigenvalue weighted by Crippen LogP contribution is -2.14. The maximum Gasteiger partial charge on any atom is 0.278 e. The van der Waals surface area contributed by atoms with Crippen LogP contribution < -0.4 is 5.32 Å². The van der Waals surface area contributed by atoms with Gasteiger partial charge in [-0.15, -0.1) is 16.9 Å². The predicted molar refractivity (Wildman–Crippen MR) is 100.0 cm³/mol. The summed E-state index contributed by atoms with van der Waals surface area (Å²) in [6.45, 7) is 1.83. The van der Waals surface area contributed by atoms with Crippen molar-refractivity contribution in [2.75, 3.05) is 11.6 Å². The van der Waals surface area contributed by atoms with Gasteiger partial charge in [-0.05, 0) is 59.4 Å². The molecular weight excluding hydrogens is 388 g/mol. The first kappa shape index (κ1) is 16.7. The lowest BCUT2D eigenvalue weighted by Gasteiger charge is -2.07. The van der Waals surface area contributed by atoms with Crippen LogP contribution >= 0.6 is 27.7 Å². The second-order valence-electron chi connectivity index (χ2n) is 5.07. The Morgan fingerprint density at radius 3 is 2.75 bits per heavy atom. The number of para-hydroxylation sites is 1. The Morgan fingerprint density at radius 2 is 2.00 bits per heavy atom. The number of carbonyl (C=O) groups is 1. The molecule has 2 aromatic carbocycles. The molecule has 0 unspecified atom stereocenters. The topological polar surface area (TPSA) is 59.8 Å². The van der Waals surface area contributed by atoms with Crippen molar-refractivity contribution in [3.8, 4) is 5.69 Å². The summed E-state index contributed by atoms with van der Waals surface area (Å²) in [5.74, 6) is -0.274. The Hall–Kier alpha value is -2.12. The fourth-order valence-corrected chi connectivity index (χ4v) is 3.19. The quantitative estimate of drug-likeness (QED) is 0.660. The highest BCUT2D eigenvalue weighted by Crippen LogP contribution is 2.23. The van der Waals surface area contributed by atoms with Gasteiger partial charge in [-0.25, -0.2) is 4.68 Å². The number of halogens is 1. The van der Waals surface area contributed by atoms with Gasteiger partial charge in [-0.2, -0.15) is 0 Å². The first-order valence-electron chi connectivity index (χ1n) is 7.23. The van der Waals surface area contributed by atoms with Crippen LogP contribution in [0.5, 0.6) is 0 Å². The van der Waals surface area contributed by atoms with E-state index in [4.69, 9.17) is 0 Å². The first-order valence-corrected chi connectivity index (χ1v) is 9.24. The van der Waals surface area contributed by atoms with Crippen LogP contribution in [0.25, 0.3) is 5.69 Å². The largest absolute Gasteiger partial charge is 0.320 e. The Kier molecular flexibility index (Phi) is 5.01. The number of anilines is 1. The van der Waals surface area contributed by atoms with E-state index in [9.17, 15) is 4.79 Å². The molecule has 0 radical (unpaired) electrons. The molecule has 0 atom stereocenters. The molecule has 0 saturated heterocycles. The zero-order valence-corrected chi connectivity index (χ0v) is 15.6. The molecule has 3 aromatic rings. The monoisotopic (exact) mass is 402 g/mol. The fourth-order valence-electron chi connectivity index (χ4n) is 2.28. The number of hydrogen-bond acceptors (Lipinski definition) is 4. The van der Waals surface area contributed by atoms with Gasteiger partial charge in [0.1, 0.15) is 0 Å². The van der Waals surface area contributed by atoms with Gasteiger partial charge in [0, 0.05) is 15.1 Å². The lowest BCUT2D eigenvalue weighted by molar-refractivity contribution is 0.102. The van der Waals surface area contributed by atoms with E-state index in [1.165, 1.54) is 0 Å². The number of nitrogens with zero attached hydrogens (tertiary/aromatic N) is 3. The number of thioether (sulfide) groups is 1. The molecule has 7 heteroatoms. The second kappa shape index (κ2) is 7.19. The summed E-state index contributed by atoms with van der Waals surface area (Å²) in [6.07, 6.45) is 1.99. The van der Waals surface area contributed by atoms with Crippen LogP contribution in [0.4, 0.5) is 5.69 Å². The number of nitrogens with one attached hydrogen (secondary N) is 1. The Balaban J connectivity index is 1.88. The molecule has 1 heterocycles. The summed E-state index contributed by atoms with van der Waals surface area (Å²) in [5, 5.41) is 11.0. The molecule has 0 aliphatic heterocycles. The molecule has 5 nitrogen and oxygen atoms in total. The molecule has 0 aliphatic carbocycles.